The first-order valence-corrected chi connectivity index (χ1v) is 8.29. The number of alkyl halides is 2. The Bertz CT molecular complexity index is 397. The summed E-state index contributed by atoms with van der Waals surface area (Å²) >= 11 is 0. The second-order valence-electron chi connectivity index (χ2n) is 7.29. The van der Waals surface area contributed by atoms with Crippen LogP contribution in [0.2, 0.25) is 0 Å². The van der Waals surface area contributed by atoms with E-state index in [1.165, 1.54) is 0 Å². The van der Waals surface area contributed by atoms with Crippen molar-refractivity contribution >= 4 is 5.91 Å². The van der Waals surface area contributed by atoms with Gasteiger partial charge in [0.15, 0.2) is 0 Å². The summed E-state index contributed by atoms with van der Waals surface area (Å²) in [5.41, 5.74) is -0.627. The van der Waals surface area contributed by atoms with Crippen LogP contribution in [-0.4, -0.2) is 42.4 Å². The molecule has 0 aromatic carbocycles. The van der Waals surface area contributed by atoms with Crippen LogP contribution in [0.15, 0.2) is 0 Å². The zero-order valence-electron chi connectivity index (χ0n) is 12.8. The van der Waals surface area contributed by atoms with E-state index in [2.05, 4.69) is 5.32 Å². The average molecular weight is 300 g/mol. The van der Waals surface area contributed by atoms with Gasteiger partial charge in [-0.1, -0.05) is 0 Å². The van der Waals surface area contributed by atoms with Crippen molar-refractivity contribution in [2.75, 3.05) is 19.6 Å². The summed E-state index contributed by atoms with van der Waals surface area (Å²) in [4.78, 5) is 13.2. The fraction of sp³-hybridized carbons (Fsp3) is 0.938. The van der Waals surface area contributed by atoms with Crippen LogP contribution in [0.5, 0.6) is 0 Å². The van der Waals surface area contributed by atoms with Crippen LogP contribution in [0.1, 0.15) is 51.9 Å². The van der Waals surface area contributed by atoms with E-state index >= 15 is 0 Å². The Morgan fingerprint density at radius 3 is 2.24 bits per heavy atom. The minimum absolute atomic E-state index is 0.121. The monoisotopic (exact) mass is 300 g/mol. The molecule has 0 radical (unpaired) electrons. The Balaban J connectivity index is 1.35. The first kappa shape index (κ1) is 15.2. The van der Waals surface area contributed by atoms with E-state index in [-0.39, 0.29) is 12.3 Å². The van der Waals surface area contributed by atoms with Crippen molar-refractivity contribution in [2.24, 2.45) is 11.3 Å². The van der Waals surface area contributed by atoms with Gasteiger partial charge in [0, 0.05) is 37.9 Å². The fourth-order valence-electron chi connectivity index (χ4n) is 4.08. The number of carbonyl (C=O) groups is 1. The van der Waals surface area contributed by atoms with Crippen LogP contribution in [-0.2, 0) is 4.79 Å². The highest BCUT2D eigenvalue weighted by Crippen LogP contribution is 2.67. The number of hydrogen-bond donors (Lipinski definition) is 1. The van der Waals surface area contributed by atoms with Crippen molar-refractivity contribution in [3.05, 3.63) is 0 Å². The lowest BCUT2D eigenvalue weighted by molar-refractivity contribution is -0.130. The first-order valence-electron chi connectivity index (χ1n) is 8.29. The third-order valence-electron chi connectivity index (χ3n) is 5.91. The predicted octanol–water partition coefficient (Wildman–Crippen LogP) is 2.80. The van der Waals surface area contributed by atoms with Gasteiger partial charge < -0.3 is 10.2 Å². The van der Waals surface area contributed by atoms with Gasteiger partial charge in [0.25, 0.3) is 5.92 Å². The standard InChI is InChI=1S/C16H26F2N2O/c1-12(21)20-8-4-13(5-9-20)10-19-14-2-6-15(7-3-14)11-16(15,17)18/h13-14,19H,2-11H2,1H3. The zero-order chi connectivity index (χ0) is 15.1. The molecule has 3 rings (SSSR count). The number of likely N-dealkylation sites (tertiary alicyclic amines) is 1. The predicted molar refractivity (Wildman–Crippen MR) is 77.2 cm³/mol. The summed E-state index contributed by atoms with van der Waals surface area (Å²) in [7, 11) is 0. The topological polar surface area (TPSA) is 32.3 Å². The molecule has 0 atom stereocenters. The number of nitrogens with zero attached hydrogens (tertiary/aromatic N) is 1. The van der Waals surface area contributed by atoms with E-state index in [0.29, 0.717) is 24.8 Å². The summed E-state index contributed by atoms with van der Waals surface area (Å²) in [6, 6.07) is 0.415. The normalized spacial score (nSPS) is 36.0. The summed E-state index contributed by atoms with van der Waals surface area (Å²) in [6.45, 7) is 4.33. The van der Waals surface area contributed by atoms with Gasteiger partial charge in [-0.15, -0.1) is 0 Å². The SMILES string of the molecule is CC(=O)N1CCC(CNC2CCC3(CC2)CC3(F)F)CC1. The largest absolute Gasteiger partial charge is 0.343 e. The molecule has 0 aromatic heterocycles. The van der Waals surface area contributed by atoms with Crippen LogP contribution in [0.4, 0.5) is 8.78 Å². The van der Waals surface area contributed by atoms with Gasteiger partial charge in [-0.2, -0.15) is 0 Å². The molecule has 1 aliphatic heterocycles. The van der Waals surface area contributed by atoms with Crippen LogP contribution in [0.25, 0.3) is 0 Å². The van der Waals surface area contributed by atoms with E-state index in [1.54, 1.807) is 6.92 Å². The molecule has 5 heteroatoms. The lowest BCUT2D eigenvalue weighted by atomic mass is 9.82. The molecular formula is C16H26F2N2O. The van der Waals surface area contributed by atoms with Gasteiger partial charge in [-0.05, 0) is 51.0 Å². The molecule has 21 heavy (non-hydrogen) atoms. The lowest BCUT2D eigenvalue weighted by Crippen LogP contribution is -2.42. The van der Waals surface area contributed by atoms with Crippen molar-refractivity contribution in [3.8, 4) is 0 Å². The van der Waals surface area contributed by atoms with Crippen molar-refractivity contribution in [2.45, 2.75) is 63.8 Å². The van der Waals surface area contributed by atoms with Gasteiger partial charge in [0.05, 0.1) is 0 Å². The molecule has 2 aliphatic carbocycles. The molecular weight excluding hydrogens is 274 g/mol. The molecule has 0 aromatic rings. The highest BCUT2D eigenvalue weighted by Gasteiger charge is 2.70. The van der Waals surface area contributed by atoms with E-state index in [1.807, 2.05) is 4.90 Å². The smallest absolute Gasteiger partial charge is 0.254 e. The molecule has 1 amide bonds. The maximum atomic E-state index is 13.3. The molecule has 1 saturated heterocycles. The Morgan fingerprint density at radius 1 is 1.19 bits per heavy atom. The average Bonchev–Trinajstić information content (AvgIpc) is 2.99. The summed E-state index contributed by atoms with van der Waals surface area (Å²) in [5, 5.41) is 3.58. The Morgan fingerprint density at radius 2 is 1.76 bits per heavy atom. The van der Waals surface area contributed by atoms with Gasteiger partial charge in [-0.3, -0.25) is 4.79 Å². The van der Waals surface area contributed by atoms with Crippen LogP contribution < -0.4 is 5.32 Å². The molecule has 1 spiro atoms. The lowest BCUT2D eigenvalue weighted by Gasteiger charge is -2.34. The molecule has 3 nitrogen and oxygen atoms in total. The number of halogens is 2. The second-order valence-corrected chi connectivity index (χ2v) is 7.29. The molecule has 1 heterocycles. The summed E-state index contributed by atoms with van der Waals surface area (Å²) < 4.78 is 26.7. The number of piperidine rings is 1. The second kappa shape index (κ2) is 5.49. The molecule has 0 unspecified atom stereocenters. The number of rotatable bonds is 3. The maximum absolute atomic E-state index is 13.3. The highest BCUT2D eigenvalue weighted by atomic mass is 19.3. The van der Waals surface area contributed by atoms with Crippen molar-refractivity contribution in [1.29, 1.82) is 0 Å². The third-order valence-corrected chi connectivity index (χ3v) is 5.91. The molecule has 1 N–H and O–H groups in total. The first-order chi connectivity index (χ1) is 9.92. The number of amides is 1. The molecule has 120 valence electrons. The van der Waals surface area contributed by atoms with Gasteiger partial charge in [0.2, 0.25) is 5.91 Å². The Kier molecular flexibility index (Phi) is 3.97. The van der Waals surface area contributed by atoms with Crippen molar-refractivity contribution in [1.82, 2.24) is 10.2 Å². The molecule has 3 aliphatic rings. The van der Waals surface area contributed by atoms with Crippen molar-refractivity contribution < 1.29 is 13.6 Å². The van der Waals surface area contributed by atoms with E-state index in [9.17, 15) is 13.6 Å². The fourth-order valence-corrected chi connectivity index (χ4v) is 4.08. The minimum atomic E-state index is -2.38. The van der Waals surface area contributed by atoms with Gasteiger partial charge in [0.1, 0.15) is 0 Å². The van der Waals surface area contributed by atoms with E-state index < -0.39 is 11.3 Å². The van der Waals surface area contributed by atoms with Gasteiger partial charge in [-0.25, -0.2) is 8.78 Å². The van der Waals surface area contributed by atoms with Crippen molar-refractivity contribution in [3.63, 3.8) is 0 Å². The van der Waals surface area contributed by atoms with Crippen LogP contribution >= 0.6 is 0 Å². The maximum Gasteiger partial charge on any atom is 0.254 e. The highest BCUT2D eigenvalue weighted by molar-refractivity contribution is 5.73. The van der Waals surface area contributed by atoms with E-state index in [0.717, 1.165) is 45.3 Å². The Labute approximate surface area is 125 Å². The molecule has 0 bridgehead atoms. The summed E-state index contributed by atoms with van der Waals surface area (Å²) in [6.07, 6.45) is 5.38. The van der Waals surface area contributed by atoms with Crippen LogP contribution in [0, 0.1) is 11.3 Å². The van der Waals surface area contributed by atoms with Crippen LogP contribution in [0.3, 0.4) is 0 Å². The van der Waals surface area contributed by atoms with E-state index in [4.69, 9.17) is 0 Å². The molecule has 3 fully saturated rings. The quantitative estimate of drug-likeness (QED) is 0.869. The number of hydrogen-bond acceptors (Lipinski definition) is 2. The Hall–Kier alpha value is -0.710. The number of carbonyl (C=O) groups excluding carboxylic acids is 1. The summed E-state index contributed by atoms with van der Waals surface area (Å²) in [5.74, 6) is -1.58. The zero-order valence-corrected chi connectivity index (χ0v) is 12.8. The number of nitrogens with one attached hydrogen (secondary N) is 1. The third kappa shape index (κ3) is 3.08. The van der Waals surface area contributed by atoms with Gasteiger partial charge >= 0.3 is 0 Å². The molecule has 2 saturated carbocycles. The minimum Gasteiger partial charge on any atom is -0.343 e.